The first-order valence-electron chi connectivity index (χ1n) is 8.52. The maximum Gasteiger partial charge on any atom is 0.160 e. The Morgan fingerprint density at radius 3 is 2.54 bits per heavy atom. The third-order valence-corrected chi connectivity index (χ3v) is 4.28. The number of allylic oxidation sites excluding steroid dienone is 2. The fourth-order valence-electron chi connectivity index (χ4n) is 3.03. The van der Waals surface area contributed by atoms with Crippen LogP contribution >= 0.6 is 0 Å². The molecule has 1 aromatic heterocycles. The highest BCUT2D eigenvalue weighted by molar-refractivity contribution is 5.91. The Hall–Kier alpha value is -3.34. The Morgan fingerprint density at radius 2 is 1.81 bits per heavy atom. The number of aromatic nitrogens is 2. The zero-order chi connectivity index (χ0) is 17.9. The molecule has 26 heavy (non-hydrogen) atoms. The normalized spacial score (nSPS) is 16.1. The number of halogens is 1. The van der Waals surface area contributed by atoms with Crippen LogP contribution in [-0.4, -0.2) is 16.2 Å². The molecule has 4 nitrogen and oxygen atoms in total. The number of dihydropyridines is 1. The van der Waals surface area contributed by atoms with Gasteiger partial charge in [0.25, 0.3) is 0 Å². The van der Waals surface area contributed by atoms with Gasteiger partial charge in [0, 0.05) is 17.3 Å². The van der Waals surface area contributed by atoms with E-state index in [1.54, 1.807) is 12.1 Å². The SMILES string of the molecule is CC1C=C(c2c(Nc3ccccc3)n[nH]c2-c2ccc(F)cc2)C=CN1. The molecule has 3 aromatic rings. The third kappa shape index (κ3) is 3.24. The van der Waals surface area contributed by atoms with Gasteiger partial charge in [0.05, 0.1) is 11.3 Å². The van der Waals surface area contributed by atoms with Gasteiger partial charge < -0.3 is 10.6 Å². The smallest absolute Gasteiger partial charge is 0.160 e. The monoisotopic (exact) mass is 346 g/mol. The summed E-state index contributed by atoms with van der Waals surface area (Å²) in [6.45, 7) is 2.09. The molecule has 2 heterocycles. The second-order valence-electron chi connectivity index (χ2n) is 6.23. The van der Waals surface area contributed by atoms with E-state index in [1.807, 2.05) is 42.6 Å². The molecule has 4 rings (SSSR count). The molecule has 3 N–H and O–H groups in total. The Morgan fingerprint density at radius 1 is 1.04 bits per heavy atom. The molecule has 0 spiro atoms. The summed E-state index contributed by atoms with van der Waals surface area (Å²) in [6.07, 6.45) is 6.11. The summed E-state index contributed by atoms with van der Waals surface area (Å²) >= 11 is 0. The molecule has 0 fully saturated rings. The second-order valence-corrected chi connectivity index (χ2v) is 6.23. The predicted molar refractivity (Wildman–Crippen MR) is 103 cm³/mol. The lowest BCUT2D eigenvalue weighted by atomic mass is 9.97. The van der Waals surface area contributed by atoms with E-state index in [2.05, 4.69) is 33.8 Å². The van der Waals surface area contributed by atoms with Crippen molar-refractivity contribution in [1.82, 2.24) is 15.5 Å². The van der Waals surface area contributed by atoms with Crippen LogP contribution in [0.1, 0.15) is 12.5 Å². The van der Waals surface area contributed by atoms with E-state index < -0.39 is 0 Å². The number of anilines is 2. The van der Waals surface area contributed by atoms with Crippen LogP contribution in [0.2, 0.25) is 0 Å². The number of aromatic amines is 1. The maximum atomic E-state index is 13.3. The number of H-pyrrole nitrogens is 1. The molecule has 0 radical (unpaired) electrons. The fourth-order valence-corrected chi connectivity index (χ4v) is 3.03. The topological polar surface area (TPSA) is 52.7 Å². The van der Waals surface area contributed by atoms with E-state index in [0.29, 0.717) is 0 Å². The number of hydrogen-bond donors (Lipinski definition) is 3. The van der Waals surface area contributed by atoms with Crippen molar-refractivity contribution in [3.05, 3.63) is 84.3 Å². The number of benzene rings is 2. The van der Waals surface area contributed by atoms with Crippen LogP contribution in [0.3, 0.4) is 0 Å². The molecule has 1 atom stereocenters. The van der Waals surface area contributed by atoms with Crippen LogP contribution in [0.4, 0.5) is 15.9 Å². The summed E-state index contributed by atoms with van der Waals surface area (Å²) in [5, 5.41) is 14.2. The lowest BCUT2D eigenvalue weighted by Gasteiger charge is -2.16. The highest BCUT2D eigenvalue weighted by Crippen LogP contribution is 2.35. The van der Waals surface area contributed by atoms with E-state index in [1.165, 1.54) is 12.1 Å². The van der Waals surface area contributed by atoms with E-state index in [9.17, 15) is 4.39 Å². The zero-order valence-corrected chi connectivity index (χ0v) is 14.3. The Balaban J connectivity index is 1.82. The van der Waals surface area contributed by atoms with Gasteiger partial charge in [0.2, 0.25) is 0 Å². The van der Waals surface area contributed by atoms with Gasteiger partial charge >= 0.3 is 0 Å². The van der Waals surface area contributed by atoms with E-state index >= 15 is 0 Å². The number of nitrogens with zero attached hydrogens (tertiary/aromatic N) is 1. The molecule has 0 saturated carbocycles. The minimum absolute atomic E-state index is 0.218. The highest BCUT2D eigenvalue weighted by atomic mass is 19.1. The van der Waals surface area contributed by atoms with Gasteiger partial charge in [-0.1, -0.05) is 24.3 Å². The van der Waals surface area contributed by atoms with Gasteiger partial charge in [0.1, 0.15) is 5.82 Å². The van der Waals surface area contributed by atoms with Crippen LogP contribution in [0.25, 0.3) is 16.8 Å². The van der Waals surface area contributed by atoms with E-state index in [4.69, 9.17) is 0 Å². The maximum absolute atomic E-state index is 13.3. The summed E-state index contributed by atoms with van der Waals surface area (Å²) in [4.78, 5) is 0. The molecule has 5 heteroatoms. The zero-order valence-electron chi connectivity index (χ0n) is 14.3. The number of nitrogens with one attached hydrogen (secondary N) is 3. The van der Waals surface area contributed by atoms with Crippen LogP contribution in [0.5, 0.6) is 0 Å². The van der Waals surface area contributed by atoms with Crippen LogP contribution in [0.15, 0.2) is 72.9 Å². The quantitative estimate of drug-likeness (QED) is 0.633. The first-order chi connectivity index (χ1) is 12.7. The van der Waals surface area contributed by atoms with E-state index in [0.717, 1.165) is 33.9 Å². The molecule has 130 valence electrons. The molecule has 0 saturated heterocycles. The fraction of sp³-hybridized carbons (Fsp3) is 0.0952. The Bertz CT molecular complexity index is 955. The summed E-state index contributed by atoms with van der Waals surface area (Å²) in [6, 6.07) is 16.6. The average molecular weight is 346 g/mol. The minimum Gasteiger partial charge on any atom is -0.385 e. The summed E-state index contributed by atoms with van der Waals surface area (Å²) in [5.41, 5.74) is 4.72. The molecular formula is C21H19FN4. The molecule has 0 amide bonds. The minimum atomic E-state index is -0.257. The lowest BCUT2D eigenvalue weighted by molar-refractivity contribution is 0.628. The van der Waals surface area contributed by atoms with Gasteiger partial charge in [-0.25, -0.2) is 4.39 Å². The third-order valence-electron chi connectivity index (χ3n) is 4.28. The number of rotatable bonds is 4. The summed E-state index contributed by atoms with van der Waals surface area (Å²) in [7, 11) is 0. The van der Waals surface area contributed by atoms with Crippen molar-refractivity contribution in [3.63, 3.8) is 0 Å². The van der Waals surface area contributed by atoms with Gasteiger partial charge in [-0.05, 0) is 61.2 Å². The number of para-hydroxylation sites is 1. The molecule has 1 unspecified atom stereocenters. The van der Waals surface area contributed by atoms with Crippen molar-refractivity contribution in [1.29, 1.82) is 0 Å². The second kappa shape index (κ2) is 6.88. The number of hydrogen-bond acceptors (Lipinski definition) is 3. The Labute approximate surface area is 151 Å². The summed E-state index contributed by atoms with van der Waals surface area (Å²) in [5.74, 6) is 0.479. The first kappa shape index (κ1) is 16.1. The predicted octanol–water partition coefficient (Wildman–Crippen LogP) is 4.85. The van der Waals surface area contributed by atoms with Gasteiger partial charge in [-0.3, -0.25) is 5.10 Å². The first-order valence-corrected chi connectivity index (χ1v) is 8.52. The standard InChI is InChI=1S/C21H19FN4/c1-14-13-16(11-12-23-14)19-20(15-7-9-17(22)10-8-15)25-26-21(19)24-18-5-3-2-4-6-18/h2-14,23H,1H3,(H2,24,25,26). The van der Waals surface area contributed by atoms with Crippen molar-refractivity contribution in [3.8, 4) is 11.3 Å². The molecule has 1 aliphatic rings. The van der Waals surface area contributed by atoms with E-state index in [-0.39, 0.29) is 11.9 Å². The Kier molecular flexibility index (Phi) is 4.27. The van der Waals surface area contributed by atoms with Gasteiger partial charge in [0.15, 0.2) is 5.82 Å². The van der Waals surface area contributed by atoms with Gasteiger partial charge in [-0.2, -0.15) is 5.10 Å². The van der Waals surface area contributed by atoms with Crippen molar-refractivity contribution < 1.29 is 4.39 Å². The van der Waals surface area contributed by atoms with Crippen molar-refractivity contribution >= 4 is 17.1 Å². The largest absolute Gasteiger partial charge is 0.385 e. The summed E-state index contributed by atoms with van der Waals surface area (Å²) < 4.78 is 13.3. The molecule has 0 bridgehead atoms. The molecule has 0 aliphatic carbocycles. The van der Waals surface area contributed by atoms with Crippen LogP contribution in [0, 0.1) is 5.82 Å². The molecule has 2 aromatic carbocycles. The molecular weight excluding hydrogens is 327 g/mol. The van der Waals surface area contributed by atoms with Crippen molar-refractivity contribution in [2.24, 2.45) is 0 Å². The van der Waals surface area contributed by atoms with Crippen molar-refractivity contribution in [2.75, 3.05) is 5.32 Å². The van der Waals surface area contributed by atoms with Crippen LogP contribution in [-0.2, 0) is 0 Å². The van der Waals surface area contributed by atoms with Crippen molar-refractivity contribution in [2.45, 2.75) is 13.0 Å². The molecule has 1 aliphatic heterocycles. The average Bonchev–Trinajstić information content (AvgIpc) is 3.07. The highest BCUT2D eigenvalue weighted by Gasteiger charge is 2.19. The lowest BCUT2D eigenvalue weighted by Crippen LogP contribution is -2.20. The van der Waals surface area contributed by atoms with Crippen LogP contribution < -0.4 is 10.6 Å². The van der Waals surface area contributed by atoms with Gasteiger partial charge in [-0.15, -0.1) is 0 Å².